The average Bonchev–Trinajstić information content (AvgIpc) is 2.70. The SMILES string of the molecule is CCN(CCN)Cc1ccnc2nc(C)[nH]c12. The van der Waals surface area contributed by atoms with Gasteiger partial charge in [0.2, 0.25) is 0 Å². The fraction of sp³-hybridized carbons (Fsp3) is 0.500. The number of pyridine rings is 1. The maximum Gasteiger partial charge on any atom is 0.177 e. The highest BCUT2D eigenvalue weighted by Gasteiger charge is 2.09. The van der Waals surface area contributed by atoms with Crippen LogP contribution in [0.15, 0.2) is 12.3 Å². The zero-order valence-electron chi connectivity index (χ0n) is 10.4. The number of likely N-dealkylation sites (N-methyl/N-ethyl adjacent to an activating group) is 1. The molecule has 0 saturated heterocycles. The molecular formula is C12H19N5. The van der Waals surface area contributed by atoms with Crippen LogP contribution in [0.4, 0.5) is 0 Å². The quantitative estimate of drug-likeness (QED) is 0.809. The molecule has 3 N–H and O–H groups in total. The first-order valence-electron chi connectivity index (χ1n) is 5.97. The Balaban J connectivity index is 2.28. The van der Waals surface area contributed by atoms with Crippen LogP contribution < -0.4 is 5.73 Å². The summed E-state index contributed by atoms with van der Waals surface area (Å²) in [5.41, 5.74) is 8.67. The topological polar surface area (TPSA) is 70.8 Å². The number of aryl methyl sites for hydroxylation is 1. The molecule has 92 valence electrons. The Morgan fingerprint density at radius 2 is 2.29 bits per heavy atom. The van der Waals surface area contributed by atoms with Gasteiger partial charge in [-0.05, 0) is 25.1 Å². The van der Waals surface area contributed by atoms with E-state index >= 15 is 0 Å². The van der Waals surface area contributed by atoms with E-state index in [2.05, 4.69) is 26.8 Å². The molecule has 0 bridgehead atoms. The lowest BCUT2D eigenvalue weighted by atomic mass is 10.2. The van der Waals surface area contributed by atoms with Crippen LogP contribution in [0.25, 0.3) is 11.2 Å². The van der Waals surface area contributed by atoms with Gasteiger partial charge >= 0.3 is 0 Å². The molecular weight excluding hydrogens is 214 g/mol. The third kappa shape index (κ3) is 2.62. The number of aromatic nitrogens is 3. The number of imidazole rings is 1. The lowest BCUT2D eigenvalue weighted by Crippen LogP contribution is -2.28. The zero-order chi connectivity index (χ0) is 12.3. The number of nitrogens with two attached hydrogens (primary N) is 1. The molecule has 0 aliphatic rings. The van der Waals surface area contributed by atoms with Crippen molar-refractivity contribution in [3.05, 3.63) is 23.7 Å². The lowest BCUT2D eigenvalue weighted by molar-refractivity contribution is 0.289. The third-order valence-electron chi connectivity index (χ3n) is 2.88. The molecule has 0 radical (unpaired) electrons. The van der Waals surface area contributed by atoms with Crippen molar-refractivity contribution in [2.45, 2.75) is 20.4 Å². The van der Waals surface area contributed by atoms with Crippen molar-refractivity contribution in [1.29, 1.82) is 0 Å². The van der Waals surface area contributed by atoms with Gasteiger partial charge in [-0.2, -0.15) is 0 Å². The van der Waals surface area contributed by atoms with Gasteiger partial charge < -0.3 is 10.7 Å². The molecule has 0 unspecified atom stereocenters. The number of rotatable bonds is 5. The molecule has 0 fully saturated rings. The maximum atomic E-state index is 5.60. The lowest BCUT2D eigenvalue weighted by Gasteiger charge is -2.19. The summed E-state index contributed by atoms with van der Waals surface area (Å²) in [5.74, 6) is 0.904. The fourth-order valence-corrected chi connectivity index (χ4v) is 1.98. The van der Waals surface area contributed by atoms with Gasteiger partial charge in [-0.1, -0.05) is 6.92 Å². The largest absolute Gasteiger partial charge is 0.341 e. The van der Waals surface area contributed by atoms with Gasteiger partial charge in [-0.25, -0.2) is 9.97 Å². The van der Waals surface area contributed by atoms with Crippen molar-refractivity contribution in [2.24, 2.45) is 5.73 Å². The van der Waals surface area contributed by atoms with Crippen molar-refractivity contribution in [1.82, 2.24) is 19.9 Å². The highest BCUT2D eigenvalue weighted by Crippen LogP contribution is 2.15. The number of nitrogens with one attached hydrogen (secondary N) is 1. The normalized spacial score (nSPS) is 11.5. The Bertz CT molecular complexity index is 491. The molecule has 0 aliphatic heterocycles. The minimum Gasteiger partial charge on any atom is -0.341 e. The van der Waals surface area contributed by atoms with Crippen LogP contribution in [-0.4, -0.2) is 39.5 Å². The smallest absolute Gasteiger partial charge is 0.177 e. The molecule has 17 heavy (non-hydrogen) atoms. The fourth-order valence-electron chi connectivity index (χ4n) is 1.98. The summed E-state index contributed by atoms with van der Waals surface area (Å²) in [7, 11) is 0. The third-order valence-corrected chi connectivity index (χ3v) is 2.88. The van der Waals surface area contributed by atoms with Crippen LogP contribution in [0.1, 0.15) is 18.3 Å². The van der Waals surface area contributed by atoms with Crippen LogP contribution in [0.3, 0.4) is 0 Å². The molecule has 2 aromatic rings. The van der Waals surface area contributed by atoms with Gasteiger partial charge in [0, 0.05) is 25.8 Å². The highest BCUT2D eigenvalue weighted by atomic mass is 15.1. The molecule has 5 nitrogen and oxygen atoms in total. The van der Waals surface area contributed by atoms with Crippen LogP contribution in [0, 0.1) is 6.92 Å². The Kier molecular flexibility index (Phi) is 3.71. The van der Waals surface area contributed by atoms with Crippen LogP contribution in [0.2, 0.25) is 0 Å². The van der Waals surface area contributed by atoms with E-state index in [9.17, 15) is 0 Å². The second-order valence-electron chi connectivity index (χ2n) is 4.15. The van der Waals surface area contributed by atoms with Crippen LogP contribution in [-0.2, 0) is 6.54 Å². The molecule has 0 aliphatic carbocycles. The number of fused-ring (bicyclic) bond motifs is 1. The van der Waals surface area contributed by atoms with E-state index in [1.54, 1.807) is 0 Å². The molecule has 5 heteroatoms. The molecule has 0 aromatic carbocycles. The molecule has 0 amide bonds. The average molecular weight is 233 g/mol. The Morgan fingerprint density at radius 1 is 1.47 bits per heavy atom. The number of H-pyrrole nitrogens is 1. The summed E-state index contributed by atoms with van der Waals surface area (Å²) in [6, 6.07) is 2.04. The van der Waals surface area contributed by atoms with Gasteiger partial charge in [-0.15, -0.1) is 0 Å². The summed E-state index contributed by atoms with van der Waals surface area (Å²) in [6.07, 6.45) is 1.81. The number of hydrogen-bond acceptors (Lipinski definition) is 4. The molecule has 0 spiro atoms. The first kappa shape index (κ1) is 12.0. The van der Waals surface area contributed by atoms with Crippen molar-refractivity contribution >= 4 is 11.2 Å². The number of hydrogen-bond donors (Lipinski definition) is 2. The standard InChI is InChI=1S/C12H19N5/c1-3-17(7-5-13)8-10-4-6-14-12-11(10)15-9(2)16-12/h4,6H,3,5,7-8,13H2,1-2H3,(H,14,15,16). The molecule has 2 heterocycles. The van der Waals surface area contributed by atoms with E-state index in [1.165, 1.54) is 5.56 Å². The van der Waals surface area contributed by atoms with E-state index < -0.39 is 0 Å². The van der Waals surface area contributed by atoms with Crippen LogP contribution >= 0.6 is 0 Å². The predicted molar refractivity (Wildman–Crippen MR) is 68.6 cm³/mol. The summed E-state index contributed by atoms with van der Waals surface area (Å²) in [6.45, 7) is 7.56. The molecule has 0 saturated carbocycles. The zero-order valence-corrected chi connectivity index (χ0v) is 10.4. The van der Waals surface area contributed by atoms with Gasteiger partial charge in [0.1, 0.15) is 5.82 Å². The van der Waals surface area contributed by atoms with E-state index in [0.29, 0.717) is 6.54 Å². The molecule has 2 rings (SSSR count). The van der Waals surface area contributed by atoms with E-state index in [-0.39, 0.29) is 0 Å². The Hall–Kier alpha value is -1.46. The second kappa shape index (κ2) is 5.25. The van der Waals surface area contributed by atoms with Crippen molar-refractivity contribution in [3.8, 4) is 0 Å². The van der Waals surface area contributed by atoms with Gasteiger partial charge in [-0.3, -0.25) is 4.90 Å². The van der Waals surface area contributed by atoms with Crippen LogP contribution in [0.5, 0.6) is 0 Å². The van der Waals surface area contributed by atoms with E-state index in [0.717, 1.165) is 36.6 Å². The van der Waals surface area contributed by atoms with Gasteiger partial charge in [0.25, 0.3) is 0 Å². The number of nitrogens with zero attached hydrogens (tertiary/aromatic N) is 3. The van der Waals surface area contributed by atoms with Gasteiger partial charge in [0.05, 0.1) is 5.52 Å². The molecule has 2 aromatic heterocycles. The minimum absolute atomic E-state index is 0.685. The summed E-state index contributed by atoms with van der Waals surface area (Å²) < 4.78 is 0. The summed E-state index contributed by atoms with van der Waals surface area (Å²) in [5, 5.41) is 0. The Morgan fingerprint density at radius 3 is 3.00 bits per heavy atom. The van der Waals surface area contributed by atoms with Gasteiger partial charge in [0.15, 0.2) is 5.65 Å². The first-order chi connectivity index (χ1) is 8.24. The maximum absolute atomic E-state index is 5.60. The van der Waals surface area contributed by atoms with E-state index in [4.69, 9.17) is 5.73 Å². The van der Waals surface area contributed by atoms with Crippen molar-refractivity contribution in [2.75, 3.05) is 19.6 Å². The monoisotopic (exact) mass is 233 g/mol. The minimum atomic E-state index is 0.685. The van der Waals surface area contributed by atoms with Crippen molar-refractivity contribution in [3.63, 3.8) is 0 Å². The Labute approximate surface area is 101 Å². The molecule has 0 atom stereocenters. The number of aromatic amines is 1. The summed E-state index contributed by atoms with van der Waals surface area (Å²) in [4.78, 5) is 14.2. The predicted octanol–water partition coefficient (Wildman–Crippen LogP) is 1.05. The van der Waals surface area contributed by atoms with E-state index in [1.807, 2.05) is 19.2 Å². The first-order valence-corrected chi connectivity index (χ1v) is 5.97. The second-order valence-corrected chi connectivity index (χ2v) is 4.15. The highest BCUT2D eigenvalue weighted by molar-refractivity contribution is 5.74. The van der Waals surface area contributed by atoms with Crippen molar-refractivity contribution < 1.29 is 0 Å². The summed E-state index contributed by atoms with van der Waals surface area (Å²) >= 11 is 0.